The van der Waals surface area contributed by atoms with E-state index >= 15 is 0 Å². The number of rotatable bonds is 7. The number of piperidine rings is 1. The quantitative estimate of drug-likeness (QED) is 0.562. The van der Waals surface area contributed by atoms with Crippen molar-refractivity contribution < 1.29 is 19.5 Å². The van der Waals surface area contributed by atoms with E-state index in [1.807, 2.05) is 13.8 Å². The first kappa shape index (κ1) is 14.0. The summed E-state index contributed by atoms with van der Waals surface area (Å²) >= 11 is 0. The van der Waals surface area contributed by atoms with Gasteiger partial charge in [0, 0.05) is 13.0 Å². The molecule has 106 valence electrons. The van der Waals surface area contributed by atoms with Crippen LogP contribution in [0, 0.1) is 17.3 Å². The van der Waals surface area contributed by atoms with E-state index in [2.05, 4.69) is 0 Å². The van der Waals surface area contributed by atoms with E-state index < -0.39 is 5.97 Å². The fourth-order valence-electron chi connectivity index (χ4n) is 3.12. The van der Waals surface area contributed by atoms with Gasteiger partial charge in [0.05, 0.1) is 11.8 Å². The minimum Gasteiger partial charge on any atom is -0.481 e. The van der Waals surface area contributed by atoms with E-state index in [0.717, 1.165) is 19.3 Å². The van der Waals surface area contributed by atoms with Gasteiger partial charge < -0.3 is 5.11 Å². The van der Waals surface area contributed by atoms with Crippen LogP contribution in [0.2, 0.25) is 0 Å². The molecule has 0 radical (unpaired) electrons. The zero-order chi connectivity index (χ0) is 14.2. The molecule has 0 aromatic carbocycles. The Bertz CT molecular complexity index is 392. The number of unbranched alkanes of at least 4 members (excludes halogenated alkanes) is 3. The third-order valence-electron chi connectivity index (χ3n) is 4.41. The van der Waals surface area contributed by atoms with Crippen LogP contribution in [-0.4, -0.2) is 34.3 Å². The summed E-state index contributed by atoms with van der Waals surface area (Å²) in [5, 5.41) is 8.50. The molecule has 1 aliphatic heterocycles. The van der Waals surface area contributed by atoms with E-state index in [-0.39, 0.29) is 35.5 Å². The first-order chi connectivity index (χ1) is 8.87. The number of carbonyl (C=O) groups is 3. The Kier molecular flexibility index (Phi) is 3.65. The van der Waals surface area contributed by atoms with Crippen LogP contribution in [0.15, 0.2) is 0 Å². The van der Waals surface area contributed by atoms with Crippen LogP contribution < -0.4 is 0 Å². The van der Waals surface area contributed by atoms with E-state index in [9.17, 15) is 14.4 Å². The summed E-state index contributed by atoms with van der Waals surface area (Å²) in [6, 6.07) is 0. The molecule has 2 aliphatic rings. The molecule has 2 unspecified atom stereocenters. The fourth-order valence-corrected chi connectivity index (χ4v) is 3.12. The largest absolute Gasteiger partial charge is 0.481 e. The monoisotopic (exact) mass is 267 g/mol. The maximum Gasteiger partial charge on any atom is 0.303 e. The minimum atomic E-state index is -0.771. The first-order valence-electron chi connectivity index (χ1n) is 6.94. The Morgan fingerprint density at radius 2 is 1.63 bits per heavy atom. The Labute approximate surface area is 113 Å². The summed E-state index contributed by atoms with van der Waals surface area (Å²) in [5.74, 6) is -0.970. The maximum absolute atomic E-state index is 12.0. The third-order valence-corrected chi connectivity index (χ3v) is 4.41. The molecule has 5 nitrogen and oxygen atoms in total. The van der Waals surface area contributed by atoms with Gasteiger partial charge in [0.1, 0.15) is 0 Å². The third kappa shape index (κ3) is 2.51. The van der Waals surface area contributed by atoms with Crippen LogP contribution in [0.5, 0.6) is 0 Å². The van der Waals surface area contributed by atoms with Gasteiger partial charge in [-0.3, -0.25) is 19.3 Å². The Balaban J connectivity index is 1.67. The Hall–Kier alpha value is -1.39. The van der Waals surface area contributed by atoms with Crippen LogP contribution in [0.25, 0.3) is 0 Å². The number of carboxylic acids is 1. The van der Waals surface area contributed by atoms with Crippen LogP contribution >= 0.6 is 0 Å². The number of amides is 2. The highest BCUT2D eigenvalue weighted by atomic mass is 16.4. The summed E-state index contributed by atoms with van der Waals surface area (Å²) in [7, 11) is 0. The average molecular weight is 267 g/mol. The molecule has 19 heavy (non-hydrogen) atoms. The fraction of sp³-hybridized carbons (Fsp3) is 0.786. The molecular weight excluding hydrogens is 246 g/mol. The molecular formula is C14H21NO4. The Morgan fingerprint density at radius 3 is 2.16 bits per heavy atom. The summed E-state index contributed by atoms with van der Waals surface area (Å²) in [5.41, 5.74) is -0.133. The van der Waals surface area contributed by atoms with Gasteiger partial charge in [-0.25, -0.2) is 0 Å². The minimum absolute atomic E-state index is 0.00876. The van der Waals surface area contributed by atoms with Gasteiger partial charge in [-0.2, -0.15) is 0 Å². The zero-order valence-corrected chi connectivity index (χ0v) is 11.5. The average Bonchev–Trinajstić information content (AvgIpc) is 2.78. The summed E-state index contributed by atoms with van der Waals surface area (Å²) < 4.78 is 0. The lowest BCUT2D eigenvalue weighted by Crippen LogP contribution is -2.36. The normalized spacial score (nSPS) is 27.6. The zero-order valence-electron chi connectivity index (χ0n) is 11.5. The van der Waals surface area contributed by atoms with Gasteiger partial charge in [-0.15, -0.1) is 0 Å². The molecule has 2 fully saturated rings. The smallest absolute Gasteiger partial charge is 0.303 e. The number of imide groups is 1. The van der Waals surface area contributed by atoms with Crippen molar-refractivity contribution >= 4 is 17.8 Å². The van der Waals surface area contributed by atoms with Crippen LogP contribution in [0.1, 0.15) is 46.0 Å². The van der Waals surface area contributed by atoms with Gasteiger partial charge in [-0.1, -0.05) is 26.7 Å². The number of aliphatic carboxylic acids is 1. The molecule has 1 saturated carbocycles. The second-order valence-electron chi connectivity index (χ2n) is 6.16. The topological polar surface area (TPSA) is 74.7 Å². The maximum atomic E-state index is 12.0. The van der Waals surface area contributed by atoms with Crippen molar-refractivity contribution in [2.75, 3.05) is 6.54 Å². The van der Waals surface area contributed by atoms with Crippen molar-refractivity contribution in [2.45, 2.75) is 46.0 Å². The van der Waals surface area contributed by atoms with Crippen molar-refractivity contribution in [3.63, 3.8) is 0 Å². The number of carboxylic acid groups (broad SMARTS) is 1. The Morgan fingerprint density at radius 1 is 1.11 bits per heavy atom. The molecule has 0 bridgehead atoms. The second kappa shape index (κ2) is 4.94. The number of hydrogen-bond donors (Lipinski definition) is 1. The highest BCUT2D eigenvalue weighted by Gasteiger charge is 2.72. The molecule has 0 aromatic heterocycles. The lowest BCUT2D eigenvalue weighted by Gasteiger charge is -2.20. The van der Waals surface area contributed by atoms with Gasteiger partial charge in [0.2, 0.25) is 11.8 Å². The van der Waals surface area contributed by atoms with Gasteiger partial charge in [0.15, 0.2) is 0 Å². The number of nitrogens with zero attached hydrogens (tertiary/aromatic N) is 1. The summed E-state index contributed by atoms with van der Waals surface area (Å²) in [6.45, 7) is 4.44. The van der Waals surface area contributed by atoms with Crippen molar-refractivity contribution in [3.05, 3.63) is 0 Å². The predicted molar refractivity (Wildman–Crippen MR) is 68.2 cm³/mol. The molecule has 0 spiro atoms. The lowest BCUT2D eigenvalue weighted by atomic mass is 10.1. The highest BCUT2D eigenvalue weighted by Crippen LogP contribution is 2.63. The molecule has 2 rings (SSSR count). The number of likely N-dealkylation sites (tertiary alicyclic amines) is 1. The molecule has 5 heteroatoms. The van der Waals surface area contributed by atoms with E-state index in [1.165, 1.54) is 4.90 Å². The van der Waals surface area contributed by atoms with E-state index in [0.29, 0.717) is 13.0 Å². The van der Waals surface area contributed by atoms with E-state index in [4.69, 9.17) is 5.11 Å². The van der Waals surface area contributed by atoms with E-state index in [1.54, 1.807) is 0 Å². The molecule has 2 atom stereocenters. The van der Waals surface area contributed by atoms with Crippen molar-refractivity contribution in [1.29, 1.82) is 0 Å². The number of carbonyl (C=O) groups excluding carboxylic acids is 2. The van der Waals surface area contributed by atoms with Gasteiger partial charge >= 0.3 is 5.97 Å². The van der Waals surface area contributed by atoms with Crippen LogP contribution in [0.4, 0.5) is 0 Å². The predicted octanol–water partition coefficient (Wildman–Crippen LogP) is 1.66. The van der Waals surface area contributed by atoms with Gasteiger partial charge in [0.25, 0.3) is 0 Å². The number of fused-ring (bicyclic) bond motifs is 1. The molecule has 1 saturated heterocycles. The first-order valence-corrected chi connectivity index (χ1v) is 6.94. The van der Waals surface area contributed by atoms with Gasteiger partial charge in [-0.05, 0) is 18.3 Å². The molecule has 1 N–H and O–H groups in total. The van der Waals surface area contributed by atoms with Crippen LogP contribution in [-0.2, 0) is 14.4 Å². The number of hydrogen-bond acceptors (Lipinski definition) is 3. The summed E-state index contributed by atoms with van der Waals surface area (Å²) in [6.07, 6.45) is 3.33. The lowest BCUT2D eigenvalue weighted by molar-refractivity contribution is -0.143. The highest BCUT2D eigenvalue weighted by molar-refractivity contribution is 6.10. The van der Waals surface area contributed by atoms with Crippen molar-refractivity contribution in [3.8, 4) is 0 Å². The van der Waals surface area contributed by atoms with Crippen molar-refractivity contribution in [2.24, 2.45) is 17.3 Å². The summed E-state index contributed by atoms with van der Waals surface area (Å²) in [4.78, 5) is 35.8. The standard InChI is InChI=1S/C14H21NO4/c1-14(2)10-11(14)13(19)15(12(10)18)8-6-4-3-5-7-9(16)17/h10-11H,3-8H2,1-2H3,(H,16,17). The molecule has 1 heterocycles. The van der Waals surface area contributed by atoms with Crippen molar-refractivity contribution in [1.82, 2.24) is 4.90 Å². The van der Waals surface area contributed by atoms with Crippen LogP contribution in [0.3, 0.4) is 0 Å². The molecule has 0 aromatic rings. The molecule has 2 amide bonds. The second-order valence-corrected chi connectivity index (χ2v) is 6.16. The SMILES string of the molecule is CC1(C)C2C(=O)N(CCCCCCC(=O)O)C(=O)C21. The molecule has 1 aliphatic carbocycles.